The van der Waals surface area contributed by atoms with Gasteiger partial charge < -0.3 is 8.37 Å². The van der Waals surface area contributed by atoms with Crippen molar-refractivity contribution in [2.24, 2.45) is 0 Å². The summed E-state index contributed by atoms with van der Waals surface area (Å²) in [5.41, 5.74) is -1.79. The highest BCUT2D eigenvalue weighted by Gasteiger charge is 2.40. The van der Waals surface area contributed by atoms with E-state index in [1.165, 1.54) is 24.3 Å². The van der Waals surface area contributed by atoms with E-state index in [1.807, 2.05) is 0 Å². The van der Waals surface area contributed by atoms with Crippen molar-refractivity contribution in [2.45, 2.75) is 4.90 Å². The molecule has 11 nitrogen and oxygen atoms in total. The number of ketones is 2. The Morgan fingerprint density at radius 1 is 0.750 bits per heavy atom. The molecular weight excluding hydrogens is 488 g/mol. The lowest BCUT2D eigenvalue weighted by Crippen LogP contribution is -2.24. The normalized spacial score (nSPS) is 13.7. The van der Waals surface area contributed by atoms with Crippen LogP contribution in [0.1, 0.15) is 31.8 Å². The summed E-state index contributed by atoms with van der Waals surface area (Å²) >= 11 is 0. The van der Waals surface area contributed by atoms with Gasteiger partial charge in [0.05, 0.1) is 16.4 Å². The second-order valence-electron chi connectivity index (χ2n) is 6.12. The molecule has 0 aromatic heterocycles. The number of carbonyl (C=O) groups is 2. The molecule has 168 valence electrons. The molecule has 1 aliphatic rings. The van der Waals surface area contributed by atoms with E-state index < -0.39 is 69.4 Å². The first-order valence-corrected chi connectivity index (χ1v) is 12.6. The fourth-order valence-electron chi connectivity index (χ4n) is 2.83. The zero-order chi connectivity index (χ0) is 24.1. The fourth-order valence-corrected chi connectivity index (χ4v) is 4.44. The number of hydrogen-bond acceptors (Lipinski definition) is 10. The number of carbonyl (C=O) groups excluding carboxylic acids is 2. The SMILES string of the molecule is C=CS(=O)(=O)Oc1c(S(=O)(=O)O)cc2c(c1OS(=O)(=O)C=C)C(=O)c1ccccc1C2=O. The molecule has 0 atom stereocenters. The minimum Gasteiger partial charge on any atom is -0.374 e. The predicted octanol–water partition coefficient (Wildman–Crippen LogP) is 1.41. The van der Waals surface area contributed by atoms with E-state index in [2.05, 4.69) is 17.3 Å². The first kappa shape index (κ1) is 23.3. The quantitative estimate of drug-likeness (QED) is 0.367. The smallest absolute Gasteiger partial charge is 0.331 e. The van der Waals surface area contributed by atoms with Crippen LogP contribution in [0.5, 0.6) is 11.5 Å². The summed E-state index contributed by atoms with van der Waals surface area (Å²) in [7, 11) is -14.9. The molecule has 2 aromatic carbocycles. The highest BCUT2D eigenvalue weighted by molar-refractivity contribution is 7.90. The fraction of sp³-hybridized carbons (Fsp3) is 0. The highest BCUT2D eigenvalue weighted by atomic mass is 32.2. The molecular formula is C18H12O11S3. The Bertz CT molecular complexity index is 1530. The molecule has 0 aliphatic heterocycles. The average molecular weight is 500 g/mol. The lowest BCUT2D eigenvalue weighted by Gasteiger charge is -2.22. The molecule has 2 aromatic rings. The summed E-state index contributed by atoms with van der Waals surface area (Å²) in [5, 5.41) is 0.517. The summed E-state index contributed by atoms with van der Waals surface area (Å²) < 4.78 is 90.9. The molecule has 0 radical (unpaired) electrons. The third-order valence-corrected chi connectivity index (χ3v) is 6.65. The van der Waals surface area contributed by atoms with E-state index in [9.17, 15) is 39.4 Å². The van der Waals surface area contributed by atoms with E-state index >= 15 is 0 Å². The van der Waals surface area contributed by atoms with Gasteiger partial charge in [-0.3, -0.25) is 14.1 Å². The molecule has 0 saturated carbocycles. The van der Waals surface area contributed by atoms with Gasteiger partial charge in [-0.1, -0.05) is 37.4 Å². The van der Waals surface area contributed by atoms with Gasteiger partial charge in [0.15, 0.2) is 17.3 Å². The Hall–Kier alpha value is -3.33. The van der Waals surface area contributed by atoms with E-state index in [4.69, 9.17) is 4.18 Å². The van der Waals surface area contributed by atoms with Gasteiger partial charge in [0.25, 0.3) is 10.1 Å². The van der Waals surface area contributed by atoms with Crippen molar-refractivity contribution in [3.63, 3.8) is 0 Å². The highest BCUT2D eigenvalue weighted by Crippen LogP contribution is 2.45. The zero-order valence-electron chi connectivity index (χ0n) is 15.7. The van der Waals surface area contributed by atoms with Crippen molar-refractivity contribution in [1.82, 2.24) is 0 Å². The van der Waals surface area contributed by atoms with Crippen LogP contribution >= 0.6 is 0 Å². The van der Waals surface area contributed by atoms with Gasteiger partial charge in [-0.25, -0.2) is 0 Å². The molecule has 0 spiro atoms. The Morgan fingerprint density at radius 2 is 1.22 bits per heavy atom. The minimum atomic E-state index is -5.34. The van der Waals surface area contributed by atoms with E-state index in [1.54, 1.807) is 0 Å². The van der Waals surface area contributed by atoms with E-state index in [0.29, 0.717) is 6.07 Å². The maximum Gasteiger partial charge on any atom is 0.331 e. The molecule has 0 fully saturated rings. The lowest BCUT2D eigenvalue weighted by atomic mass is 9.83. The lowest BCUT2D eigenvalue weighted by molar-refractivity contribution is 0.0977. The zero-order valence-corrected chi connectivity index (χ0v) is 18.2. The Morgan fingerprint density at radius 3 is 1.69 bits per heavy atom. The van der Waals surface area contributed by atoms with Crippen molar-refractivity contribution in [2.75, 3.05) is 0 Å². The molecule has 1 aliphatic carbocycles. The van der Waals surface area contributed by atoms with Gasteiger partial charge in [-0.15, -0.1) is 0 Å². The second kappa shape index (κ2) is 7.67. The summed E-state index contributed by atoms with van der Waals surface area (Å²) in [6.07, 6.45) is 0. The number of rotatable bonds is 7. The van der Waals surface area contributed by atoms with Crippen molar-refractivity contribution < 1.29 is 47.8 Å². The van der Waals surface area contributed by atoms with Crippen molar-refractivity contribution in [1.29, 1.82) is 0 Å². The Kier molecular flexibility index (Phi) is 5.59. The van der Waals surface area contributed by atoms with Crippen molar-refractivity contribution in [3.8, 4) is 11.5 Å². The Labute approximate surface area is 182 Å². The van der Waals surface area contributed by atoms with Crippen LogP contribution in [-0.2, 0) is 30.4 Å². The van der Waals surface area contributed by atoms with E-state index in [-0.39, 0.29) is 21.9 Å². The van der Waals surface area contributed by atoms with Crippen LogP contribution in [0.3, 0.4) is 0 Å². The van der Waals surface area contributed by atoms with Crippen LogP contribution in [-0.4, -0.2) is 41.4 Å². The van der Waals surface area contributed by atoms with Gasteiger partial charge in [0.2, 0.25) is 5.75 Å². The molecule has 0 unspecified atom stereocenters. The standard InChI is InChI=1S/C18H12O11S3/c1-3-30(21,22)28-17-13(32(25,26)27)9-12-14(18(17)29-31(23,24)4-2)16(20)11-8-6-5-7-10(11)15(12)19/h3-9H,1-2H2,(H,25,26,27). The molecule has 1 N–H and O–H groups in total. The van der Waals surface area contributed by atoms with Crippen molar-refractivity contribution in [3.05, 3.63) is 76.6 Å². The maximum absolute atomic E-state index is 13.1. The number of benzene rings is 2. The summed E-state index contributed by atoms with van der Waals surface area (Å²) in [4.78, 5) is 24.7. The molecule has 0 amide bonds. The van der Waals surface area contributed by atoms with Crippen LogP contribution in [0.25, 0.3) is 0 Å². The molecule has 32 heavy (non-hydrogen) atoms. The summed E-state index contributed by atoms with van der Waals surface area (Å²) in [6, 6.07) is 5.82. The van der Waals surface area contributed by atoms with Gasteiger partial charge >= 0.3 is 20.2 Å². The second-order valence-corrected chi connectivity index (χ2v) is 10.5. The number of hydrogen-bond donors (Lipinski definition) is 1. The van der Waals surface area contributed by atoms with Crippen LogP contribution in [0.2, 0.25) is 0 Å². The van der Waals surface area contributed by atoms with Crippen LogP contribution in [0, 0.1) is 0 Å². The molecule has 3 rings (SSSR count). The molecule has 0 heterocycles. The summed E-state index contributed by atoms with van der Waals surface area (Å²) in [6.45, 7) is 5.96. The van der Waals surface area contributed by atoms with Crippen LogP contribution in [0.15, 0.2) is 59.2 Å². The first-order valence-electron chi connectivity index (χ1n) is 8.23. The van der Waals surface area contributed by atoms with Gasteiger partial charge in [0.1, 0.15) is 4.90 Å². The summed E-state index contributed by atoms with van der Waals surface area (Å²) in [5.74, 6) is -4.52. The monoisotopic (exact) mass is 500 g/mol. The first-order chi connectivity index (χ1) is 14.7. The third-order valence-electron chi connectivity index (χ3n) is 4.17. The molecule has 0 saturated heterocycles. The van der Waals surface area contributed by atoms with Gasteiger partial charge in [-0.2, -0.15) is 25.3 Å². The minimum absolute atomic E-state index is 0.142. The van der Waals surface area contributed by atoms with E-state index in [0.717, 1.165) is 0 Å². The third kappa shape index (κ3) is 4.08. The van der Waals surface area contributed by atoms with Crippen molar-refractivity contribution >= 4 is 41.9 Å². The predicted molar refractivity (Wildman–Crippen MR) is 109 cm³/mol. The largest absolute Gasteiger partial charge is 0.374 e. The number of fused-ring (bicyclic) bond motifs is 2. The molecule has 14 heteroatoms. The topological polar surface area (TPSA) is 175 Å². The average Bonchev–Trinajstić information content (AvgIpc) is 2.71. The van der Waals surface area contributed by atoms with Gasteiger partial charge in [0, 0.05) is 16.7 Å². The van der Waals surface area contributed by atoms with Gasteiger partial charge in [-0.05, 0) is 6.07 Å². The van der Waals surface area contributed by atoms with Crippen LogP contribution < -0.4 is 8.37 Å². The maximum atomic E-state index is 13.1. The Balaban J connectivity index is 2.55. The molecule has 0 bridgehead atoms. The van der Waals surface area contributed by atoms with Crippen LogP contribution in [0.4, 0.5) is 0 Å².